The van der Waals surface area contributed by atoms with Gasteiger partial charge in [0.2, 0.25) is 0 Å². The number of hydrogen-bond acceptors (Lipinski definition) is 0. The standard InChI is InChI=1S/C11H22/c1-4-5-6-7-8-9-10-11(2)3/h9-11H,4-8H2,1-3H3/b10-9-. The van der Waals surface area contributed by atoms with Gasteiger partial charge in [-0.15, -0.1) is 0 Å². The molecule has 0 fully saturated rings. The average molecular weight is 154 g/mol. The molecule has 0 heterocycles. The molecule has 0 rings (SSSR count). The van der Waals surface area contributed by atoms with Crippen molar-refractivity contribution in [1.82, 2.24) is 0 Å². The van der Waals surface area contributed by atoms with E-state index >= 15 is 0 Å². The van der Waals surface area contributed by atoms with Gasteiger partial charge >= 0.3 is 0 Å². The predicted octanol–water partition coefficient (Wildman–Crippen LogP) is 4.17. The molecule has 0 spiro atoms. The highest BCUT2D eigenvalue weighted by molar-refractivity contribution is 4.83. The Hall–Kier alpha value is -0.260. The van der Waals surface area contributed by atoms with Crippen LogP contribution in [0.1, 0.15) is 52.9 Å². The van der Waals surface area contributed by atoms with Crippen LogP contribution in [0.3, 0.4) is 0 Å². The van der Waals surface area contributed by atoms with Gasteiger partial charge in [0.05, 0.1) is 0 Å². The van der Waals surface area contributed by atoms with E-state index in [4.69, 9.17) is 0 Å². The predicted molar refractivity (Wildman–Crippen MR) is 52.7 cm³/mol. The van der Waals surface area contributed by atoms with Crippen LogP contribution in [0.4, 0.5) is 0 Å². The van der Waals surface area contributed by atoms with Gasteiger partial charge in [-0.1, -0.05) is 52.2 Å². The van der Waals surface area contributed by atoms with Gasteiger partial charge in [0.25, 0.3) is 0 Å². The summed E-state index contributed by atoms with van der Waals surface area (Å²) in [5.74, 6) is 0.723. The number of rotatable bonds is 6. The largest absolute Gasteiger partial charge is 0.0883 e. The lowest BCUT2D eigenvalue weighted by Gasteiger charge is -1.95. The minimum absolute atomic E-state index is 0.723. The van der Waals surface area contributed by atoms with Crippen molar-refractivity contribution >= 4 is 0 Å². The second-order valence-corrected chi connectivity index (χ2v) is 3.52. The fraction of sp³-hybridized carbons (Fsp3) is 0.818. The molecule has 0 aromatic carbocycles. The van der Waals surface area contributed by atoms with Crippen molar-refractivity contribution in [3.63, 3.8) is 0 Å². The smallest absolute Gasteiger partial charge is 0.0290 e. The minimum atomic E-state index is 0.723. The third-order valence-corrected chi connectivity index (χ3v) is 1.75. The molecule has 0 aromatic rings. The third-order valence-electron chi connectivity index (χ3n) is 1.75. The molecule has 0 heteroatoms. The van der Waals surface area contributed by atoms with Crippen LogP contribution in [-0.2, 0) is 0 Å². The zero-order valence-corrected chi connectivity index (χ0v) is 8.27. The zero-order chi connectivity index (χ0) is 8.53. The summed E-state index contributed by atoms with van der Waals surface area (Å²) in [6, 6.07) is 0. The third kappa shape index (κ3) is 9.74. The molecule has 0 aliphatic carbocycles. The maximum atomic E-state index is 2.32. The van der Waals surface area contributed by atoms with Gasteiger partial charge in [0, 0.05) is 0 Å². The Morgan fingerprint density at radius 3 is 2.36 bits per heavy atom. The molecule has 0 bridgehead atoms. The van der Waals surface area contributed by atoms with Crippen molar-refractivity contribution in [1.29, 1.82) is 0 Å². The lowest BCUT2D eigenvalue weighted by Crippen LogP contribution is -1.78. The van der Waals surface area contributed by atoms with Crippen LogP contribution >= 0.6 is 0 Å². The molecule has 0 amide bonds. The van der Waals surface area contributed by atoms with Gasteiger partial charge < -0.3 is 0 Å². The van der Waals surface area contributed by atoms with Crippen molar-refractivity contribution in [2.75, 3.05) is 0 Å². The molecule has 0 nitrogen and oxygen atoms in total. The molecule has 0 saturated heterocycles. The Labute approximate surface area is 71.7 Å². The van der Waals surface area contributed by atoms with Crippen molar-refractivity contribution in [2.45, 2.75) is 52.9 Å². The Kier molecular flexibility index (Phi) is 7.66. The fourth-order valence-electron chi connectivity index (χ4n) is 1.06. The summed E-state index contributed by atoms with van der Waals surface area (Å²) in [6.07, 6.45) is 11.4. The molecule has 11 heavy (non-hydrogen) atoms. The molecule has 0 aliphatic rings. The maximum absolute atomic E-state index is 2.32. The summed E-state index contributed by atoms with van der Waals surface area (Å²) in [5.41, 5.74) is 0. The van der Waals surface area contributed by atoms with E-state index in [2.05, 4.69) is 32.9 Å². The quantitative estimate of drug-likeness (QED) is 0.398. The zero-order valence-electron chi connectivity index (χ0n) is 8.27. The van der Waals surface area contributed by atoms with E-state index in [1.165, 1.54) is 32.1 Å². The molecular weight excluding hydrogens is 132 g/mol. The number of unbranched alkanes of at least 4 members (excludes halogenated alkanes) is 4. The van der Waals surface area contributed by atoms with Gasteiger partial charge in [0.1, 0.15) is 0 Å². The molecule has 66 valence electrons. The summed E-state index contributed by atoms with van der Waals surface area (Å²) in [7, 11) is 0. The summed E-state index contributed by atoms with van der Waals surface area (Å²) >= 11 is 0. The number of allylic oxidation sites excluding steroid dienone is 2. The fourth-order valence-corrected chi connectivity index (χ4v) is 1.06. The summed E-state index contributed by atoms with van der Waals surface area (Å²) in [6.45, 7) is 6.70. The molecule has 0 radical (unpaired) electrons. The Morgan fingerprint density at radius 1 is 1.09 bits per heavy atom. The first-order valence-corrected chi connectivity index (χ1v) is 4.94. The van der Waals surface area contributed by atoms with Crippen molar-refractivity contribution in [3.8, 4) is 0 Å². The van der Waals surface area contributed by atoms with Crippen molar-refractivity contribution in [2.24, 2.45) is 5.92 Å². The van der Waals surface area contributed by atoms with E-state index in [-0.39, 0.29) is 0 Å². The molecule has 0 aliphatic heterocycles. The van der Waals surface area contributed by atoms with Gasteiger partial charge in [0.15, 0.2) is 0 Å². The topological polar surface area (TPSA) is 0 Å². The highest BCUT2D eigenvalue weighted by atomic mass is 13.9. The van der Waals surface area contributed by atoms with E-state index < -0.39 is 0 Å². The Balaban J connectivity index is 3.01. The summed E-state index contributed by atoms with van der Waals surface area (Å²) < 4.78 is 0. The molecule has 0 saturated carbocycles. The van der Waals surface area contributed by atoms with Crippen molar-refractivity contribution in [3.05, 3.63) is 12.2 Å². The average Bonchev–Trinajstić information content (AvgIpc) is 1.96. The van der Waals surface area contributed by atoms with Gasteiger partial charge in [-0.2, -0.15) is 0 Å². The van der Waals surface area contributed by atoms with E-state index in [1.54, 1.807) is 0 Å². The SMILES string of the molecule is CCCCCC/C=C\C(C)C. The van der Waals surface area contributed by atoms with Crippen LogP contribution in [0.25, 0.3) is 0 Å². The lowest BCUT2D eigenvalue weighted by molar-refractivity contribution is 0.672. The minimum Gasteiger partial charge on any atom is -0.0883 e. The van der Waals surface area contributed by atoms with Crippen LogP contribution in [0.15, 0.2) is 12.2 Å². The highest BCUT2D eigenvalue weighted by Crippen LogP contribution is 2.04. The van der Waals surface area contributed by atoms with E-state index in [0.29, 0.717) is 0 Å². The number of hydrogen-bond donors (Lipinski definition) is 0. The molecule has 0 unspecified atom stereocenters. The van der Waals surface area contributed by atoms with Crippen LogP contribution < -0.4 is 0 Å². The van der Waals surface area contributed by atoms with Gasteiger partial charge in [-0.3, -0.25) is 0 Å². The Bertz CT molecular complexity index is 90.2. The molecule has 0 aromatic heterocycles. The first-order chi connectivity index (χ1) is 5.27. The summed E-state index contributed by atoms with van der Waals surface area (Å²) in [4.78, 5) is 0. The van der Waals surface area contributed by atoms with Crippen LogP contribution in [0.5, 0.6) is 0 Å². The summed E-state index contributed by atoms with van der Waals surface area (Å²) in [5, 5.41) is 0. The molecule has 0 atom stereocenters. The second kappa shape index (κ2) is 7.84. The van der Waals surface area contributed by atoms with Crippen LogP contribution in [0, 0.1) is 5.92 Å². The van der Waals surface area contributed by atoms with Crippen LogP contribution in [0.2, 0.25) is 0 Å². The molecule has 0 N–H and O–H groups in total. The van der Waals surface area contributed by atoms with E-state index in [0.717, 1.165) is 5.92 Å². The first-order valence-electron chi connectivity index (χ1n) is 4.94. The second-order valence-electron chi connectivity index (χ2n) is 3.52. The monoisotopic (exact) mass is 154 g/mol. The normalized spacial score (nSPS) is 11.6. The maximum Gasteiger partial charge on any atom is -0.0290 e. The lowest BCUT2D eigenvalue weighted by atomic mass is 10.1. The Morgan fingerprint density at radius 2 is 1.82 bits per heavy atom. The molecular formula is C11H22. The van der Waals surface area contributed by atoms with Crippen molar-refractivity contribution < 1.29 is 0 Å². The van der Waals surface area contributed by atoms with Crippen LogP contribution in [-0.4, -0.2) is 0 Å². The van der Waals surface area contributed by atoms with E-state index in [1.807, 2.05) is 0 Å². The first kappa shape index (κ1) is 10.7. The van der Waals surface area contributed by atoms with Gasteiger partial charge in [-0.05, 0) is 18.8 Å². The van der Waals surface area contributed by atoms with Gasteiger partial charge in [-0.25, -0.2) is 0 Å². The van der Waals surface area contributed by atoms with E-state index in [9.17, 15) is 0 Å². The highest BCUT2D eigenvalue weighted by Gasteiger charge is 1.85.